The Morgan fingerprint density at radius 3 is 2.55 bits per heavy atom. The van der Waals surface area contributed by atoms with E-state index in [1.807, 2.05) is 0 Å². The van der Waals surface area contributed by atoms with E-state index in [0.717, 1.165) is 4.90 Å². The van der Waals surface area contributed by atoms with Crippen LogP contribution < -0.4 is 15.6 Å². The molecule has 2 unspecified atom stereocenters. The second kappa shape index (κ2) is 7.57. The topological polar surface area (TPSA) is 145 Å². The molecule has 2 fully saturated rings. The van der Waals surface area contributed by atoms with Gasteiger partial charge in [-0.05, 0) is 25.5 Å². The molecule has 2 N–H and O–H groups in total. The van der Waals surface area contributed by atoms with Crippen LogP contribution >= 0.6 is 0 Å². The van der Waals surface area contributed by atoms with Crippen LogP contribution in [0.4, 0.5) is 10.5 Å². The number of ether oxygens (including phenoxy) is 1. The number of hydrogen-bond acceptors (Lipinski definition) is 7. The molecule has 3 aliphatic heterocycles. The molecule has 12 nitrogen and oxygen atoms in total. The molecular weight excluding hydrogens is 434 g/mol. The average molecular weight is 457 g/mol. The van der Waals surface area contributed by atoms with Gasteiger partial charge in [-0.1, -0.05) is 19.1 Å². The third-order valence-electron chi connectivity index (χ3n) is 6.41. The highest BCUT2D eigenvalue weighted by Crippen LogP contribution is 2.44. The van der Waals surface area contributed by atoms with Crippen molar-refractivity contribution in [2.45, 2.75) is 44.3 Å². The summed E-state index contributed by atoms with van der Waals surface area (Å²) in [5.74, 6) is -3.36. The molecule has 0 bridgehead atoms. The quantitative estimate of drug-likeness (QED) is 0.463. The first kappa shape index (κ1) is 22.2. The molecule has 0 radical (unpaired) electrons. The molecule has 2 saturated heterocycles. The van der Waals surface area contributed by atoms with Crippen LogP contribution in [-0.4, -0.2) is 70.4 Å². The fraction of sp³-hybridized carbons (Fsp3) is 0.429. The normalized spacial score (nSPS) is 26.2. The van der Waals surface area contributed by atoms with Gasteiger partial charge in [0.2, 0.25) is 11.6 Å². The molecule has 3 heterocycles. The van der Waals surface area contributed by atoms with E-state index in [1.165, 1.54) is 18.9 Å². The fourth-order valence-electron chi connectivity index (χ4n) is 4.32. The number of rotatable bonds is 5. The summed E-state index contributed by atoms with van der Waals surface area (Å²) in [4.78, 5) is 77.9. The van der Waals surface area contributed by atoms with Crippen molar-refractivity contribution in [3.8, 4) is 0 Å². The number of likely N-dealkylation sites (N-methyl/N-ethyl adjacent to an activating group) is 1. The molecule has 4 rings (SSSR count). The number of nitrogens with zero attached hydrogens (tertiary/aromatic N) is 3. The molecule has 1 aromatic carbocycles. The molecule has 2 atom stereocenters. The summed E-state index contributed by atoms with van der Waals surface area (Å²) < 4.78 is 5.18. The number of benzene rings is 1. The number of nitrogens with one attached hydrogen (secondary N) is 2. The van der Waals surface area contributed by atoms with Gasteiger partial charge in [-0.15, -0.1) is 0 Å². The van der Waals surface area contributed by atoms with Crippen molar-refractivity contribution in [3.05, 3.63) is 29.8 Å². The molecular formula is C21H23N5O7. The first-order valence-electron chi connectivity index (χ1n) is 10.4. The molecule has 174 valence electrons. The van der Waals surface area contributed by atoms with E-state index in [2.05, 4.69) is 10.7 Å². The molecule has 12 heteroatoms. The zero-order chi connectivity index (χ0) is 24.1. The summed E-state index contributed by atoms with van der Waals surface area (Å²) in [6.07, 6.45) is 0.309. The minimum Gasteiger partial charge on any atom is -0.452 e. The van der Waals surface area contributed by atoms with Gasteiger partial charge in [0.05, 0.1) is 11.3 Å². The Kier molecular flexibility index (Phi) is 5.10. The van der Waals surface area contributed by atoms with Crippen LogP contribution in [0.25, 0.3) is 0 Å². The van der Waals surface area contributed by atoms with Crippen LogP contribution in [0, 0.1) is 0 Å². The first-order chi connectivity index (χ1) is 15.6. The smallest absolute Gasteiger partial charge is 0.354 e. The monoisotopic (exact) mass is 457 g/mol. The Morgan fingerprint density at radius 1 is 1.18 bits per heavy atom. The van der Waals surface area contributed by atoms with Crippen molar-refractivity contribution < 1.29 is 33.5 Å². The molecule has 6 amide bonds. The SMILES string of the molecule is CCC1(C)NC(=O)N(NC(=O)COC(=O)C23CCC(=O)N2c2ccccc2C(=O)N3C)C1=O. The minimum atomic E-state index is -1.73. The molecule has 0 aliphatic carbocycles. The Hall–Kier alpha value is -3.96. The zero-order valence-corrected chi connectivity index (χ0v) is 18.3. The van der Waals surface area contributed by atoms with Crippen molar-refractivity contribution in [2.75, 3.05) is 18.6 Å². The van der Waals surface area contributed by atoms with Crippen molar-refractivity contribution in [3.63, 3.8) is 0 Å². The summed E-state index contributed by atoms with van der Waals surface area (Å²) in [7, 11) is 1.39. The number of amides is 6. The van der Waals surface area contributed by atoms with Gasteiger partial charge in [-0.2, -0.15) is 5.01 Å². The third-order valence-corrected chi connectivity index (χ3v) is 6.41. The predicted molar refractivity (Wildman–Crippen MR) is 111 cm³/mol. The van der Waals surface area contributed by atoms with E-state index in [0.29, 0.717) is 17.1 Å². The van der Waals surface area contributed by atoms with Gasteiger partial charge < -0.3 is 15.0 Å². The van der Waals surface area contributed by atoms with E-state index in [4.69, 9.17) is 4.74 Å². The van der Waals surface area contributed by atoms with Gasteiger partial charge in [0, 0.05) is 19.9 Å². The lowest BCUT2D eigenvalue weighted by Crippen LogP contribution is -2.67. The number of para-hydroxylation sites is 1. The highest BCUT2D eigenvalue weighted by atomic mass is 16.5. The highest BCUT2D eigenvalue weighted by molar-refractivity contribution is 6.15. The molecule has 33 heavy (non-hydrogen) atoms. The van der Waals surface area contributed by atoms with E-state index in [9.17, 15) is 28.8 Å². The maximum Gasteiger partial charge on any atom is 0.354 e. The Morgan fingerprint density at radius 2 is 1.88 bits per heavy atom. The second-order valence-corrected chi connectivity index (χ2v) is 8.29. The predicted octanol–water partition coefficient (Wildman–Crippen LogP) is -0.110. The maximum absolute atomic E-state index is 13.2. The zero-order valence-electron chi connectivity index (χ0n) is 18.3. The van der Waals surface area contributed by atoms with Gasteiger partial charge in [0.15, 0.2) is 6.61 Å². The summed E-state index contributed by atoms with van der Waals surface area (Å²) in [6, 6.07) is 5.63. The Labute approximate surface area is 188 Å². The third kappa shape index (κ3) is 3.12. The number of hydrogen-bond donors (Lipinski definition) is 2. The number of urea groups is 1. The van der Waals surface area contributed by atoms with Gasteiger partial charge in [0.1, 0.15) is 5.54 Å². The van der Waals surface area contributed by atoms with Crippen molar-refractivity contribution in [1.82, 2.24) is 20.7 Å². The van der Waals surface area contributed by atoms with Crippen LogP contribution in [0.2, 0.25) is 0 Å². The highest BCUT2D eigenvalue weighted by Gasteiger charge is 2.61. The number of carbonyl (C=O) groups excluding carboxylic acids is 6. The lowest BCUT2D eigenvalue weighted by molar-refractivity contribution is -0.160. The second-order valence-electron chi connectivity index (χ2n) is 8.29. The number of imide groups is 1. The van der Waals surface area contributed by atoms with E-state index >= 15 is 0 Å². The van der Waals surface area contributed by atoms with Gasteiger partial charge in [-0.25, -0.2) is 9.59 Å². The van der Waals surface area contributed by atoms with Crippen LogP contribution in [0.5, 0.6) is 0 Å². The number of carbonyl (C=O) groups is 6. The van der Waals surface area contributed by atoms with E-state index in [-0.39, 0.29) is 24.3 Å². The molecule has 1 aromatic rings. The van der Waals surface area contributed by atoms with Crippen LogP contribution in [0.15, 0.2) is 24.3 Å². The van der Waals surface area contributed by atoms with Crippen molar-refractivity contribution in [2.24, 2.45) is 0 Å². The van der Waals surface area contributed by atoms with Gasteiger partial charge in [-0.3, -0.25) is 29.5 Å². The van der Waals surface area contributed by atoms with Gasteiger partial charge >= 0.3 is 12.0 Å². The largest absolute Gasteiger partial charge is 0.452 e. The lowest BCUT2D eigenvalue weighted by atomic mass is 9.97. The van der Waals surface area contributed by atoms with E-state index < -0.39 is 47.5 Å². The van der Waals surface area contributed by atoms with Crippen LogP contribution in [-0.2, 0) is 23.9 Å². The minimum absolute atomic E-state index is 0.00526. The fourth-order valence-corrected chi connectivity index (χ4v) is 4.32. The van der Waals surface area contributed by atoms with Crippen molar-refractivity contribution >= 4 is 41.3 Å². The number of anilines is 1. The molecule has 3 aliphatic rings. The summed E-state index contributed by atoms with van der Waals surface area (Å²) >= 11 is 0. The molecule has 0 saturated carbocycles. The molecule has 0 aromatic heterocycles. The Bertz CT molecular complexity index is 1100. The average Bonchev–Trinajstić information content (AvgIpc) is 3.26. The number of fused-ring (bicyclic) bond motifs is 3. The van der Waals surface area contributed by atoms with E-state index in [1.54, 1.807) is 31.2 Å². The van der Waals surface area contributed by atoms with Gasteiger partial charge in [0.25, 0.3) is 17.7 Å². The first-order valence-corrected chi connectivity index (χ1v) is 10.4. The van der Waals surface area contributed by atoms with Crippen molar-refractivity contribution in [1.29, 1.82) is 0 Å². The van der Waals surface area contributed by atoms with Crippen LogP contribution in [0.3, 0.4) is 0 Å². The lowest BCUT2D eigenvalue weighted by Gasteiger charge is -2.46. The maximum atomic E-state index is 13.2. The molecule has 0 spiro atoms. The summed E-state index contributed by atoms with van der Waals surface area (Å²) in [5, 5.41) is 3.02. The summed E-state index contributed by atoms with van der Waals surface area (Å²) in [6.45, 7) is 2.41. The van der Waals surface area contributed by atoms with Crippen LogP contribution in [0.1, 0.15) is 43.5 Å². The summed E-state index contributed by atoms with van der Waals surface area (Å²) in [5.41, 5.74) is -0.192. The number of esters is 1. The standard InChI is InChI=1S/C21H23N5O7/c1-4-20(2)17(30)26(19(32)22-20)23-14(27)11-33-18(31)21-10-9-15(28)25(21)13-8-6-5-7-12(13)16(29)24(21)3/h5-8H,4,9-11H2,1-3H3,(H,22,32)(H,23,27). The number of hydrazine groups is 1. The Balaban J connectivity index is 1.51.